The van der Waals surface area contributed by atoms with Crippen LogP contribution in [0.5, 0.6) is 0 Å². The molecule has 0 aliphatic rings. The molecule has 0 fully saturated rings. The lowest BCUT2D eigenvalue weighted by Crippen LogP contribution is -2.18. The van der Waals surface area contributed by atoms with Gasteiger partial charge in [-0.05, 0) is 24.1 Å². The maximum Gasteiger partial charge on any atom is 0.129 e. The molecule has 5 nitrogen and oxygen atoms in total. The average Bonchev–Trinajstić information content (AvgIpc) is 2.83. The van der Waals surface area contributed by atoms with Crippen molar-refractivity contribution in [3.63, 3.8) is 0 Å². The molecule has 19 heavy (non-hydrogen) atoms. The summed E-state index contributed by atoms with van der Waals surface area (Å²) in [6, 6.07) is 4.12. The van der Waals surface area contributed by atoms with Gasteiger partial charge >= 0.3 is 0 Å². The molecule has 102 valence electrons. The fraction of sp³-hybridized carbons (Fsp3) is 0.429. The zero-order chi connectivity index (χ0) is 13.8. The molecule has 2 N–H and O–H groups in total. The maximum atomic E-state index is 5.74. The second kappa shape index (κ2) is 5.84. The molecule has 2 aromatic heterocycles. The van der Waals surface area contributed by atoms with Crippen molar-refractivity contribution in [3.8, 4) is 0 Å². The van der Waals surface area contributed by atoms with Gasteiger partial charge in [0.15, 0.2) is 0 Å². The first-order valence-electron chi connectivity index (χ1n) is 6.51. The van der Waals surface area contributed by atoms with Crippen LogP contribution in [0.1, 0.15) is 23.7 Å². The molecule has 0 saturated carbocycles. The van der Waals surface area contributed by atoms with Crippen LogP contribution in [0.25, 0.3) is 0 Å². The normalized spacial score (nSPS) is 10.7. The van der Waals surface area contributed by atoms with Gasteiger partial charge in [0, 0.05) is 44.6 Å². The van der Waals surface area contributed by atoms with Gasteiger partial charge in [-0.1, -0.05) is 6.92 Å². The van der Waals surface area contributed by atoms with E-state index in [1.165, 1.54) is 5.56 Å². The van der Waals surface area contributed by atoms with Crippen molar-refractivity contribution in [2.24, 2.45) is 12.8 Å². The third-order valence-electron chi connectivity index (χ3n) is 3.09. The van der Waals surface area contributed by atoms with Gasteiger partial charge in [-0.2, -0.15) is 5.10 Å². The Morgan fingerprint density at radius 2 is 2.11 bits per heavy atom. The average molecular weight is 259 g/mol. The van der Waals surface area contributed by atoms with Crippen molar-refractivity contribution < 1.29 is 0 Å². The van der Waals surface area contributed by atoms with Gasteiger partial charge in [-0.3, -0.25) is 4.68 Å². The van der Waals surface area contributed by atoms with Gasteiger partial charge < -0.3 is 10.6 Å². The van der Waals surface area contributed by atoms with Gasteiger partial charge in [0.05, 0.1) is 6.20 Å². The van der Waals surface area contributed by atoms with Gasteiger partial charge in [0.1, 0.15) is 5.82 Å². The minimum atomic E-state index is 0.545. The standard InChI is InChI=1S/C14H21N5/c1-4-13-5-11(7-15)6-14(17-13)18(2)9-12-8-16-19(3)10-12/h5-6,8,10H,4,7,9,15H2,1-3H3. The Morgan fingerprint density at radius 1 is 1.32 bits per heavy atom. The van der Waals surface area contributed by atoms with Gasteiger partial charge in [0.25, 0.3) is 0 Å². The van der Waals surface area contributed by atoms with Crippen LogP contribution in [-0.4, -0.2) is 21.8 Å². The molecule has 2 rings (SSSR count). The third kappa shape index (κ3) is 3.32. The van der Waals surface area contributed by atoms with E-state index in [-0.39, 0.29) is 0 Å². The van der Waals surface area contributed by atoms with Crippen molar-refractivity contribution in [1.29, 1.82) is 0 Å². The van der Waals surface area contributed by atoms with Crippen molar-refractivity contribution in [1.82, 2.24) is 14.8 Å². The highest BCUT2D eigenvalue weighted by molar-refractivity contribution is 5.42. The first kappa shape index (κ1) is 13.5. The molecule has 5 heteroatoms. The minimum Gasteiger partial charge on any atom is -0.355 e. The summed E-state index contributed by atoms with van der Waals surface area (Å²) in [5.41, 5.74) is 9.11. The monoisotopic (exact) mass is 259 g/mol. The molecule has 0 bridgehead atoms. The number of rotatable bonds is 5. The van der Waals surface area contributed by atoms with Crippen molar-refractivity contribution in [2.75, 3.05) is 11.9 Å². The van der Waals surface area contributed by atoms with E-state index < -0.39 is 0 Å². The third-order valence-corrected chi connectivity index (χ3v) is 3.09. The van der Waals surface area contributed by atoms with Gasteiger partial charge in [-0.15, -0.1) is 0 Å². The number of nitrogens with zero attached hydrogens (tertiary/aromatic N) is 4. The van der Waals surface area contributed by atoms with Crippen LogP contribution < -0.4 is 10.6 Å². The lowest BCUT2D eigenvalue weighted by Gasteiger charge is -2.19. The fourth-order valence-electron chi connectivity index (χ4n) is 2.04. The fourth-order valence-corrected chi connectivity index (χ4v) is 2.04. The molecule has 0 aromatic carbocycles. The highest BCUT2D eigenvalue weighted by Crippen LogP contribution is 2.16. The van der Waals surface area contributed by atoms with E-state index in [0.29, 0.717) is 6.54 Å². The maximum absolute atomic E-state index is 5.74. The van der Waals surface area contributed by atoms with E-state index in [1.54, 1.807) is 0 Å². The molecule has 0 aliphatic carbocycles. The summed E-state index contributed by atoms with van der Waals surface area (Å²) < 4.78 is 1.81. The Balaban J connectivity index is 2.20. The first-order chi connectivity index (χ1) is 9.12. The summed E-state index contributed by atoms with van der Waals surface area (Å²) in [6.07, 6.45) is 4.82. The van der Waals surface area contributed by atoms with E-state index in [9.17, 15) is 0 Å². The van der Waals surface area contributed by atoms with Crippen LogP contribution in [-0.2, 0) is 26.6 Å². The molecule has 0 atom stereocenters. The number of hydrogen-bond donors (Lipinski definition) is 1. The Labute approximate surface area is 114 Å². The molecular formula is C14H21N5. The zero-order valence-corrected chi connectivity index (χ0v) is 11.8. The van der Waals surface area contributed by atoms with Crippen molar-refractivity contribution in [3.05, 3.63) is 41.3 Å². The van der Waals surface area contributed by atoms with Gasteiger partial charge in [0.2, 0.25) is 0 Å². The molecule has 2 aromatic rings. The van der Waals surface area contributed by atoms with Gasteiger partial charge in [-0.25, -0.2) is 4.98 Å². The number of aromatic nitrogens is 3. The number of anilines is 1. The summed E-state index contributed by atoms with van der Waals surface area (Å²) in [4.78, 5) is 6.77. The van der Waals surface area contributed by atoms with Crippen LogP contribution in [0.15, 0.2) is 24.5 Å². The summed E-state index contributed by atoms with van der Waals surface area (Å²) in [6.45, 7) is 3.44. The SMILES string of the molecule is CCc1cc(CN)cc(N(C)Cc2cnn(C)c2)n1. The van der Waals surface area contributed by atoms with Crippen LogP contribution >= 0.6 is 0 Å². The van der Waals surface area contributed by atoms with Crippen LogP contribution in [0.2, 0.25) is 0 Å². The van der Waals surface area contributed by atoms with E-state index in [4.69, 9.17) is 5.73 Å². The predicted molar refractivity (Wildman–Crippen MR) is 76.8 cm³/mol. The summed E-state index contributed by atoms with van der Waals surface area (Å²) >= 11 is 0. The lowest BCUT2D eigenvalue weighted by atomic mass is 10.2. The second-order valence-corrected chi connectivity index (χ2v) is 4.76. The molecule has 0 spiro atoms. The van der Waals surface area contributed by atoms with Crippen LogP contribution in [0.4, 0.5) is 5.82 Å². The van der Waals surface area contributed by atoms with Crippen LogP contribution in [0.3, 0.4) is 0 Å². The predicted octanol–water partition coefficient (Wildman–Crippen LogP) is 1.47. The first-order valence-corrected chi connectivity index (χ1v) is 6.51. The minimum absolute atomic E-state index is 0.545. The molecule has 0 unspecified atom stereocenters. The molecule has 0 saturated heterocycles. The number of nitrogens with two attached hydrogens (primary N) is 1. The summed E-state index contributed by atoms with van der Waals surface area (Å²) in [5, 5.41) is 4.18. The Morgan fingerprint density at radius 3 is 2.68 bits per heavy atom. The van der Waals surface area contributed by atoms with E-state index in [2.05, 4.69) is 34.0 Å². The molecule has 0 amide bonds. The largest absolute Gasteiger partial charge is 0.355 e. The number of hydrogen-bond acceptors (Lipinski definition) is 4. The lowest BCUT2D eigenvalue weighted by molar-refractivity contribution is 0.766. The quantitative estimate of drug-likeness (QED) is 0.883. The van der Waals surface area contributed by atoms with E-state index >= 15 is 0 Å². The Kier molecular flexibility index (Phi) is 4.16. The summed E-state index contributed by atoms with van der Waals surface area (Å²) in [7, 11) is 3.96. The van der Waals surface area contributed by atoms with Crippen LogP contribution in [0, 0.1) is 0 Å². The number of aryl methyl sites for hydroxylation is 2. The Bertz CT molecular complexity index is 524. The zero-order valence-electron chi connectivity index (χ0n) is 11.8. The van der Waals surface area contributed by atoms with E-state index in [1.807, 2.05) is 31.2 Å². The highest BCUT2D eigenvalue weighted by atomic mass is 15.2. The second-order valence-electron chi connectivity index (χ2n) is 4.76. The summed E-state index contributed by atoms with van der Waals surface area (Å²) in [5.74, 6) is 0.962. The van der Waals surface area contributed by atoms with Crippen molar-refractivity contribution >= 4 is 5.82 Å². The molecular weight excluding hydrogens is 238 g/mol. The molecule has 2 heterocycles. The number of pyridine rings is 1. The molecule has 0 radical (unpaired) electrons. The molecule has 0 aliphatic heterocycles. The van der Waals surface area contributed by atoms with E-state index in [0.717, 1.165) is 30.0 Å². The highest BCUT2D eigenvalue weighted by Gasteiger charge is 2.07. The van der Waals surface area contributed by atoms with Crippen molar-refractivity contribution in [2.45, 2.75) is 26.4 Å². The Hall–Kier alpha value is -1.88. The topological polar surface area (TPSA) is 60.0 Å². The smallest absolute Gasteiger partial charge is 0.129 e.